The summed E-state index contributed by atoms with van der Waals surface area (Å²) < 4.78 is 29.2. The minimum atomic E-state index is -3.36. The Labute approximate surface area is 115 Å². The van der Waals surface area contributed by atoms with Crippen LogP contribution in [0.1, 0.15) is 31.2 Å². The first kappa shape index (κ1) is 16.0. The molecule has 1 rings (SSSR count). The summed E-state index contributed by atoms with van der Waals surface area (Å²) >= 11 is 0. The van der Waals surface area contributed by atoms with Gasteiger partial charge in [-0.15, -0.1) is 0 Å². The van der Waals surface area contributed by atoms with Gasteiger partial charge in [0.05, 0.1) is 18.1 Å². The highest BCUT2D eigenvalue weighted by atomic mass is 32.2. The van der Waals surface area contributed by atoms with Crippen LogP contribution in [0.15, 0.2) is 0 Å². The van der Waals surface area contributed by atoms with Crippen LogP contribution in [0, 0.1) is 19.8 Å². The molecule has 6 nitrogen and oxygen atoms in total. The predicted molar refractivity (Wildman–Crippen MR) is 74.5 cm³/mol. The van der Waals surface area contributed by atoms with Crippen molar-refractivity contribution in [1.29, 1.82) is 0 Å². The van der Waals surface area contributed by atoms with E-state index in [2.05, 4.69) is 5.10 Å². The van der Waals surface area contributed by atoms with Crippen LogP contribution >= 0.6 is 0 Å². The topological polar surface area (TPSA) is 87.2 Å². The summed E-state index contributed by atoms with van der Waals surface area (Å²) in [6, 6.07) is 0. The number of hydrogen-bond donors (Lipinski definition) is 1. The van der Waals surface area contributed by atoms with Crippen molar-refractivity contribution in [2.45, 2.75) is 33.6 Å². The van der Waals surface area contributed by atoms with E-state index >= 15 is 0 Å². The van der Waals surface area contributed by atoms with E-state index in [1.165, 1.54) is 0 Å². The Hall–Kier alpha value is -1.08. The molecule has 0 saturated heterocycles. The summed E-state index contributed by atoms with van der Waals surface area (Å²) in [5, 5.41) is 9.25. The normalized spacial score (nSPS) is 13.5. The van der Waals surface area contributed by atoms with Gasteiger partial charge in [0, 0.05) is 7.05 Å². The lowest BCUT2D eigenvalue weighted by molar-refractivity contribution is 0.278. The molecule has 1 aromatic heterocycles. The molecule has 1 heterocycles. The molecule has 0 bridgehead atoms. The van der Waals surface area contributed by atoms with Crippen LogP contribution in [-0.2, 0) is 17.1 Å². The van der Waals surface area contributed by atoms with E-state index < -0.39 is 10.0 Å². The molecule has 0 amide bonds. The number of sulfonamides is 1. The number of aryl methyl sites for hydroxylation is 2. The van der Waals surface area contributed by atoms with Crippen LogP contribution < -0.4 is 9.88 Å². The van der Waals surface area contributed by atoms with E-state index in [1.807, 2.05) is 27.8 Å². The van der Waals surface area contributed by atoms with E-state index in [4.69, 9.17) is 9.88 Å². The second-order valence-electron chi connectivity index (χ2n) is 5.02. The Morgan fingerprint density at radius 1 is 1.37 bits per heavy atom. The van der Waals surface area contributed by atoms with E-state index in [9.17, 15) is 8.42 Å². The van der Waals surface area contributed by atoms with Gasteiger partial charge < -0.3 is 4.74 Å². The Bertz CT molecular complexity index is 523. The first-order chi connectivity index (χ1) is 8.70. The van der Waals surface area contributed by atoms with Gasteiger partial charge in [-0.1, -0.05) is 6.92 Å². The molecule has 19 heavy (non-hydrogen) atoms. The Morgan fingerprint density at radius 2 is 2.00 bits per heavy atom. The molecule has 0 spiro atoms. The van der Waals surface area contributed by atoms with Crippen molar-refractivity contribution in [1.82, 2.24) is 9.78 Å². The molecular weight excluding hydrogens is 266 g/mol. The lowest BCUT2D eigenvalue weighted by Crippen LogP contribution is -2.18. The smallest absolute Gasteiger partial charge is 0.209 e. The third kappa shape index (κ3) is 5.20. The van der Waals surface area contributed by atoms with Crippen molar-refractivity contribution in [3.63, 3.8) is 0 Å². The lowest BCUT2D eigenvalue weighted by Gasteiger charge is -2.11. The van der Waals surface area contributed by atoms with Crippen molar-refractivity contribution in [3.8, 4) is 5.75 Å². The molecule has 2 N–H and O–H groups in total. The number of hydrogen-bond acceptors (Lipinski definition) is 4. The fraction of sp³-hybridized carbons (Fsp3) is 0.750. The lowest BCUT2D eigenvalue weighted by atomic mass is 10.1. The zero-order chi connectivity index (χ0) is 14.6. The maximum Gasteiger partial charge on any atom is 0.209 e. The maximum absolute atomic E-state index is 10.9. The van der Waals surface area contributed by atoms with Crippen molar-refractivity contribution in [2.24, 2.45) is 18.1 Å². The fourth-order valence-electron chi connectivity index (χ4n) is 1.84. The monoisotopic (exact) mass is 289 g/mol. The van der Waals surface area contributed by atoms with Gasteiger partial charge in [-0.2, -0.15) is 5.10 Å². The molecule has 0 saturated carbocycles. The molecule has 0 aliphatic carbocycles. The first-order valence-corrected chi connectivity index (χ1v) is 8.05. The molecular formula is C12H23N3O3S. The average molecular weight is 289 g/mol. The third-order valence-corrected chi connectivity index (χ3v) is 4.00. The van der Waals surface area contributed by atoms with Crippen molar-refractivity contribution >= 4 is 10.0 Å². The van der Waals surface area contributed by atoms with Crippen LogP contribution in [0.3, 0.4) is 0 Å². The van der Waals surface area contributed by atoms with E-state index in [1.54, 1.807) is 4.68 Å². The Balaban J connectivity index is 2.38. The Morgan fingerprint density at radius 3 is 2.47 bits per heavy atom. The largest absolute Gasteiger partial charge is 0.490 e. The minimum Gasteiger partial charge on any atom is -0.490 e. The number of aromatic nitrogens is 2. The number of ether oxygens (including phenoxy) is 1. The quantitative estimate of drug-likeness (QED) is 0.815. The second-order valence-corrected chi connectivity index (χ2v) is 6.76. The van der Waals surface area contributed by atoms with Crippen molar-refractivity contribution in [2.75, 3.05) is 12.4 Å². The van der Waals surface area contributed by atoms with Gasteiger partial charge in [-0.05, 0) is 32.6 Å². The van der Waals surface area contributed by atoms with Crippen LogP contribution in [0.25, 0.3) is 0 Å². The summed E-state index contributed by atoms with van der Waals surface area (Å²) in [6.45, 7) is 6.42. The highest BCUT2D eigenvalue weighted by Crippen LogP contribution is 2.22. The molecule has 1 atom stereocenters. The second kappa shape index (κ2) is 6.38. The molecule has 110 valence electrons. The van der Waals surface area contributed by atoms with Crippen LogP contribution in [0.2, 0.25) is 0 Å². The van der Waals surface area contributed by atoms with Gasteiger partial charge in [0.1, 0.15) is 5.69 Å². The van der Waals surface area contributed by atoms with Gasteiger partial charge in [0.15, 0.2) is 5.75 Å². The van der Waals surface area contributed by atoms with Crippen molar-refractivity contribution < 1.29 is 13.2 Å². The number of nitrogens with zero attached hydrogens (tertiary/aromatic N) is 2. The SMILES string of the molecule is Cc1nn(C)c(C)c1OCCC(C)CCS(N)(=O)=O. The summed E-state index contributed by atoms with van der Waals surface area (Å²) in [5.74, 6) is 1.11. The number of primary sulfonamides is 1. The van der Waals surface area contributed by atoms with E-state index in [-0.39, 0.29) is 11.7 Å². The van der Waals surface area contributed by atoms with Gasteiger partial charge in [0.2, 0.25) is 10.0 Å². The van der Waals surface area contributed by atoms with Crippen LogP contribution in [0.5, 0.6) is 5.75 Å². The third-order valence-electron chi connectivity index (χ3n) is 3.19. The van der Waals surface area contributed by atoms with Gasteiger partial charge in [0.25, 0.3) is 0 Å². The van der Waals surface area contributed by atoms with Gasteiger partial charge in [-0.3, -0.25) is 4.68 Å². The van der Waals surface area contributed by atoms with Gasteiger partial charge >= 0.3 is 0 Å². The molecule has 1 unspecified atom stereocenters. The first-order valence-electron chi connectivity index (χ1n) is 6.34. The molecule has 0 radical (unpaired) electrons. The van der Waals surface area contributed by atoms with E-state index in [0.717, 1.165) is 23.6 Å². The van der Waals surface area contributed by atoms with Crippen molar-refractivity contribution in [3.05, 3.63) is 11.4 Å². The minimum absolute atomic E-state index is 0.0269. The summed E-state index contributed by atoms with van der Waals surface area (Å²) in [6.07, 6.45) is 1.36. The number of rotatable bonds is 7. The number of nitrogens with two attached hydrogens (primary N) is 1. The highest BCUT2D eigenvalue weighted by Gasteiger charge is 2.12. The average Bonchev–Trinajstić information content (AvgIpc) is 2.52. The zero-order valence-electron chi connectivity index (χ0n) is 12.0. The molecule has 0 fully saturated rings. The maximum atomic E-state index is 10.9. The van der Waals surface area contributed by atoms with Crippen LogP contribution in [0.4, 0.5) is 0 Å². The fourth-order valence-corrected chi connectivity index (χ4v) is 2.57. The standard InChI is InChI=1S/C12H23N3O3S/c1-9(6-8-19(13,16)17)5-7-18-12-10(2)14-15(4)11(12)3/h9H,5-8H2,1-4H3,(H2,13,16,17). The highest BCUT2D eigenvalue weighted by molar-refractivity contribution is 7.89. The molecule has 0 aliphatic heterocycles. The van der Waals surface area contributed by atoms with Gasteiger partial charge in [-0.25, -0.2) is 13.6 Å². The Kier molecular flexibility index (Phi) is 5.37. The molecule has 0 aromatic carbocycles. The zero-order valence-corrected chi connectivity index (χ0v) is 12.8. The predicted octanol–water partition coefficient (Wildman–Crippen LogP) is 1.12. The summed E-state index contributed by atoms with van der Waals surface area (Å²) in [5.41, 5.74) is 1.87. The summed E-state index contributed by atoms with van der Waals surface area (Å²) in [4.78, 5) is 0. The van der Waals surface area contributed by atoms with E-state index in [0.29, 0.717) is 13.0 Å². The van der Waals surface area contributed by atoms with Crippen LogP contribution in [-0.4, -0.2) is 30.6 Å². The molecule has 7 heteroatoms. The molecule has 0 aliphatic rings. The molecule has 1 aromatic rings. The summed E-state index contributed by atoms with van der Waals surface area (Å²) in [7, 11) is -1.48.